The zero-order valence-corrected chi connectivity index (χ0v) is 18.5. The summed E-state index contributed by atoms with van der Waals surface area (Å²) in [6.07, 6.45) is 14.6. The molecule has 3 fully saturated rings. The zero-order chi connectivity index (χ0) is 20.2. The Bertz CT molecular complexity index is 648. The molecule has 3 aliphatic carbocycles. The normalized spacial score (nSPS) is 21.6. The third-order valence-corrected chi connectivity index (χ3v) is 7.42. The molecule has 5 heteroatoms. The minimum atomic E-state index is 0.154. The molecule has 0 spiro atoms. The van der Waals surface area contributed by atoms with Gasteiger partial charge in [-0.2, -0.15) is 0 Å². The number of hydrogen-bond acceptors (Lipinski definition) is 4. The van der Waals surface area contributed by atoms with Crippen LogP contribution >= 0.6 is 0 Å². The van der Waals surface area contributed by atoms with Crippen LogP contribution in [0.15, 0.2) is 4.52 Å². The van der Waals surface area contributed by atoms with Gasteiger partial charge in [-0.25, -0.2) is 0 Å². The molecule has 0 unspecified atom stereocenters. The van der Waals surface area contributed by atoms with Gasteiger partial charge >= 0.3 is 0 Å². The topological polar surface area (TPSA) is 49.6 Å². The molecule has 0 N–H and O–H groups in total. The molecular formula is C24H39N3O2. The predicted octanol–water partition coefficient (Wildman–Crippen LogP) is 5.50. The van der Waals surface area contributed by atoms with Crippen molar-refractivity contribution in [3.8, 4) is 0 Å². The second-order valence-corrected chi connectivity index (χ2v) is 9.41. The molecule has 3 aliphatic rings. The number of hydrogen-bond donors (Lipinski definition) is 0. The van der Waals surface area contributed by atoms with E-state index >= 15 is 0 Å². The molecule has 3 saturated carbocycles. The first-order chi connectivity index (χ1) is 14.2. The molecule has 5 nitrogen and oxygen atoms in total. The van der Waals surface area contributed by atoms with Crippen LogP contribution < -0.4 is 0 Å². The lowest BCUT2D eigenvalue weighted by atomic mass is 9.88. The molecule has 0 aliphatic heterocycles. The van der Waals surface area contributed by atoms with Crippen LogP contribution in [-0.2, 0) is 6.54 Å². The molecule has 162 valence electrons. The molecule has 0 atom stereocenters. The SMILES string of the molecule is CCN(CC)Cc1c(C(=O)N(C2CCCCC2)C2CCCCC2)noc1C1CC1. The van der Waals surface area contributed by atoms with Gasteiger partial charge in [-0.15, -0.1) is 0 Å². The third-order valence-electron chi connectivity index (χ3n) is 7.42. The van der Waals surface area contributed by atoms with Crippen molar-refractivity contribution in [3.63, 3.8) is 0 Å². The second-order valence-electron chi connectivity index (χ2n) is 9.41. The maximum Gasteiger partial charge on any atom is 0.276 e. The Morgan fingerprint density at radius 3 is 1.93 bits per heavy atom. The average molecular weight is 402 g/mol. The van der Waals surface area contributed by atoms with Gasteiger partial charge in [0.1, 0.15) is 5.76 Å². The van der Waals surface area contributed by atoms with Crippen LogP contribution in [0.3, 0.4) is 0 Å². The van der Waals surface area contributed by atoms with E-state index in [-0.39, 0.29) is 5.91 Å². The summed E-state index contributed by atoms with van der Waals surface area (Å²) in [5.41, 5.74) is 1.70. The van der Waals surface area contributed by atoms with Gasteiger partial charge in [0.25, 0.3) is 5.91 Å². The summed E-state index contributed by atoms with van der Waals surface area (Å²) in [5.74, 6) is 1.63. The van der Waals surface area contributed by atoms with Crippen molar-refractivity contribution in [3.05, 3.63) is 17.0 Å². The lowest BCUT2D eigenvalue weighted by Gasteiger charge is -2.41. The van der Waals surface area contributed by atoms with Crippen molar-refractivity contribution in [1.82, 2.24) is 15.0 Å². The van der Waals surface area contributed by atoms with E-state index in [2.05, 4.69) is 28.8 Å². The standard InChI is InChI=1S/C24H39N3O2/c1-3-26(4-2)17-21-22(25-29-23(21)18-15-16-18)24(28)27(19-11-7-5-8-12-19)20-13-9-6-10-14-20/h18-20H,3-17H2,1-2H3. The summed E-state index contributed by atoms with van der Waals surface area (Å²) < 4.78 is 5.83. The molecule has 1 aromatic rings. The third kappa shape index (κ3) is 4.70. The maximum absolute atomic E-state index is 14.0. The zero-order valence-electron chi connectivity index (χ0n) is 18.5. The highest BCUT2D eigenvalue weighted by Crippen LogP contribution is 2.43. The van der Waals surface area contributed by atoms with Gasteiger partial charge in [0.05, 0.1) is 0 Å². The lowest BCUT2D eigenvalue weighted by molar-refractivity contribution is 0.0436. The summed E-state index contributed by atoms with van der Waals surface area (Å²) in [6.45, 7) is 7.12. The van der Waals surface area contributed by atoms with Crippen molar-refractivity contribution >= 4 is 5.91 Å². The Morgan fingerprint density at radius 1 is 0.897 bits per heavy atom. The van der Waals surface area contributed by atoms with E-state index in [9.17, 15) is 4.79 Å². The van der Waals surface area contributed by atoms with E-state index < -0.39 is 0 Å². The van der Waals surface area contributed by atoms with Crippen LogP contribution in [0, 0.1) is 0 Å². The molecule has 0 radical (unpaired) electrons. The molecule has 4 rings (SSSR count). The quantitative estimate of drug-likeness (QED) is 0.577. The van der Waals surface area contributed by atoms with Crippen LogP contribution in [0.25, 0.3) is 0 Å². The van der Waals surface area contributed by atoms with Gasteiger partial charge in [-0.05, 0) is 51.6 Å². The minimum Gasteiger partial charge on any atom is -0.360 e. The molecule has 1 heterocycles. The van der Waals surface area contributed by atoms with Gasteiger partial charge in [-0.3, -0.25) is 9.69 Å². The molecule has 0 saturated heterocycles. The second kappa shape index (κ2) is 9.63. The summed E-state index contributed by atoms with van der Waals surface area (Å²) in [6, 6.07) is 0.781. The predicted molar refractivity (Wildman–Crippen MR) is 115 cm³/mol. The molecular weight excluding hydrogens is 362 g/mol. The van der Waals surface area contributed by atoms with Gasteiger partial charge in [0.15, 0.2) is 5.69 Å². The number of carbonyl (C=O) groups is 1. The smallest absolute Gasteiger partial charge is 0.276 e. The summed E-state index contributed by atoms with van der Waals surface area (Å²) in [5, 5.41) is 4.42. The molecule has 29 heavy (non-hydrogen) atoms. The molecule has 1 aromatic heterocycles. The van der Waals surface area contributed by atoms with E-state index in [0.717, 1.165) is 56.6 Å². The van der Waals surface area contributed by atoms with Gasteiger partial charge < -0.3 is 9.42 Å². The first-order valence-electron chi connectivity index (χ1n) is 12.3. The Hall–Kier alpha value is -1.36. The molecule has 0 bridgehead atoms. The van der Waals surface area contributed by atoms with Crippen molar-refractivity contribution < 1.29 is 9.32 Å². The molecule has 1 amide bonds. The number of rotatable bonds is 8. The largest absolute Gasteiger partial charge is 0.360 e. The fourth-order valence-electron chi connectivity index (χ4n) is 5.45. The summed E-state index contributed by atoms with van der Waals surface area (Å²) >= 11 is 0. The van der Waals surface area contributed by atoms with E-state index in [1.165, 1.54) is 51.4 Å². The van der Waals surface area contributed by atoms with Crippen LogP contribution in [0.1, 0.15) is 119 Å². The van der Waals surface area contributed by atoms with Crippen molar-refractivity contribution in [2.45, 2.75) is 115 Å². The van der Waals surface area contributed by atoms with Gasteiger partial charge in [-0.1, -0.05) is 57.5 Å². The van der Waals surface area contributed by atoms with E-state index in [4.69, 9.17) is 4.52 Å². The Balaban J connectivity index is 1.64. The Labute approximate surface area is 176 Å². The van der Waals surface area contributed by atoms with Crippen LogP contribution in [0.2, 0.25) is 0 Å². The van der Waals surface area contributed by atoms with Gasteiger partial charge in [0.2, 0.25) is 0 Å². The van der Waals surface area contributed by atoms with Crippen LogP contribution in [0.5, 0.6) is 0 Å². The summed E-state index contributed by atoms with van der Waals surface area (Å²) in [4.78, 5) is 18.6. The fraction of sp³-hybridized carbons (Fsp3) is 0.833. The van der Waals surface area contributed by atoms with Crippen molar-refractivity contribution in [2.24, 2.45) is 0 Å². The number of nitrogens with zero attached hydrogens (tertiary/aromatic N) is 3. The highest BCUT2D eigenvalue weighted by atomic mass is 16.5. The van der Waals surface area contributed by atoms with Crippen molar-refractivity contribution in [1.29, 1.82) is 0 Å². The van der Waals surface area contributed by atoms with Crippen molar-refractivity contribution in [2.75, 3.05) is 13.1 Å². The Kier molecular flexibility index (Phi) is 6.94. The van der Waals surface area contributed by atoms with E-state index in [1.54, 1.807) is 0 Å². The van der Waals surface area contributed by atoms with Gasteiger partial charge in [0, 0.05) is 30.1 Å². The summed E-state index contributed by atoms with van der Waals surface area (Å²) in [7, 11) is 0. The number of aromatic nitrogens is 1. The van der Waals surface area contributed by atoms with E-state index in [1.807, 2.05) is 0 Å². The monoisotopic (exact) mass is 401 g/mol. The molecule has 0 aromatic carbocycles. The van der Waals surface area contributed by atoms with Crippen LogP contribution in [0.4, 0.5) is 0 Å². The maximum atomic E-state index is 14.0. The number of amides is 1. The highest BCUT2D eigenvalue weighted by Gasteiger charge is 2.39. The van der Waals surface area contributed by atoms with E-state index in [0.29, 0.717) is 23.7 Å². The lowest BCUT2D eigenvalue weighted by Crippen LogP contribution is -2.49. The Morgan fingerprint density at radius 2 is 1.45 bits per heavy atom. The highest BCUT2D eigenvalue weighted by molar-refractivity contribution is 5.94. The fourth-order valence-corrected chi connectivity index (χ4v) is 5.45. The number of carbonyl (C=O) groups excluding carboxylic acids is 1. The average Bonchev–Trinajstić information content (AvgIpc) is 3.53. The minimum absolute atomic E-state index is 0.154. The first kappa shape index (κ1) is 20.9. The van der Waals surface area contributed by atoms with Crippen LogP contribution in [-0.4, -0.2) is 46.0 Å². The first-order valence-corrected chi connectivity index (χ1v) is 12.3.